The van der Waals surface area contributed by atoms with E-state index in [0.29, 0.717) is 11.7 Å². The van der Waals surface area contributed by atoms with Crippen LogP contribution < -0.4 is 10.9 Å². The van der Waals surface area contributed by atoms with Crippen LogP contribution in [0.25, 0.3) is 0 Å². The van der Waals surface area contributed by atoms with Gasteiger partial charge in [-0.25, -0.2) is 4.68 Å². The Bertz CT molecular complexity index is 494. The Labute approximate surface area is 119 Å². The van der Waals surface area contributed by atoms with Crippen LogP contribution in [0, 0.1) is 5.92 Å². The first kappa shape index (κ1) is 14.4. The SMILES string of the molecule is CCC(CC1CC1)Nc1cnn(C(C)C)c(=O)c1Cl. The van der Waals surface area contributed by atoms with Crippen LogP contribution >= 0.6 is 11.6 Å². The first-order valence-corrected chi connectivity index (χ1v) is 7.44. The normalized spacial score (nSPS) is 16.7. The summed E-state index contributed by atoms with van der Waals surface area (Å²) >= 11 is 6.16. The van der Waals surface area contributed by atoms with Gasteiger partial charge in [0.2, 0.25) is 0 Å². The summed E-state index contributed by atoms with van der Waals surface area (Å²) in [7, 11) is 0. The second-order valence-electron chi connectivity index (χ2n) is 5.64. The Hall–Kier alpha value is -1.03. The van der Waals surface area contributed by atoms with Crippen molar-refractivity contribution >= 4 is 17.3 Å². The predicted molar refractivity (Wildman–Crippen MR) is 78.9 cm³/mol. The van der Waals surface area contributed by atoms with E-state index in [2.05, 4.69) is 17.3 Å². The van der Waals surface area contributed by atoms with Crippen molar-refractivity contribution in [2.75, 3.05) is 5.32 Å². The Morgan fingerprint density at radius 2 is 2.21 bits per heavy atom. The molecule has 1 aromatic heterocycles. The molecule has 106 valence electrons. The highest BCUT2D eigenvalue weighted by molar-refractivity contribution is 6.32. The number of nitrogens with one attached hydrogen (secondary N) is 1. The Morgan fingerprint density at radius 3 is 2.74 bits per heavy atom. The fourth-order valence-corrected chi connectivity index (χ4v) is 2.41. The van der Waals surface area contributed by atoms with Crippen molar-refractivity contribution in [1.82, 2.24) is 9.78 Å². The quantitative estimate of drug-likeness (QED) is 0.869. The summed E-state index contributed by atoms with van der Waals surface area (Å²) in [5.41, 5.74) is 0.444. The highest BCUT2D eigenvalue weighted by Crippen LogP contribution is 2.35. The molecule has 0 saturated heterocycles. The number of aromatic nitrogens is 2. The van der Waals surface area contributed by atoms with Gasteiger partial charge < -0.3 is 5.32 Å². The summed E-state index contributed by atoms with van der Waals surface area (Å²) in [6.07, 6.45) is 6.51. The van der Waals surface area contributed by atoms with E-state index >= 15 is 0 Å². The molecular formula is C14H22ClN3O. The van der Waals surface area contributed by atoms with E-state index in [9.17, 15) is 4.79 Å². The molecule has 1 aromatic rings. The van der Waals surface area contributed by atoms with Gasteiger partial charge in [-0.2, -0.15) is 5.10 Å². The molecule has 19 heavy (non-hydrogen) atoms. The second-order valence-corrected chi connectivity index (χ2v) is 6.02. The zero-order valence-electron chi connectivity index (χ0n) is 11.8. The van der Waals surface area contributed by atoms with Gasteiger partial charge in [-0.1, -0.05) is 31.4 Å². The number of halogens is 1. The highest BCUT2D eigenvalue weighted by Gasteiger charge is 2.25. The molecule has 1 aliphatic carbocycles. The van der Waals surface area contributed by atoms with Crippen LogP contribution in [-0.2, 0) is 0 Å². The number of nitrogens with zero attached hydrogens (tertiary/aromatic N) is 2. The maximum Gasteiger partial charge on any atom is 0.287 e. The molecule has 1 N–H and O–H groups in total. The van der Waals surface area contributed by atoms with Crippen LogP contribution in [0.1, 0.15) is 52.5 Å². The minimum Gasteiger partial charge on any atom is -0.380 e. The van der Waals surface area contributed by atoms with Gasteiger partial charge in [0.05, 0.1) is 17.9 Å². The van der Waals surface area contributed by atoms with Crippen LogP contribution in [-0.4, -0.2) is 15.8 Å². The molecule has 0 aliphatic heterocycles. The highest BCUT2D eigenvalue weighted by atomic mass is 35.5. The third-order valence-electron chi connectivity index (χ3n) is 3.60. The van der Waals surface area contributed by atoms with E-state index in [0.717, 1.165) is 18.8 Å². The molecule has 1 aliphatic rings. The molecule has 1 heterocycles. The van der Waals surface area contributed by atoms with Gasteiger partial charge in [-0.3, -0.25) is 4.79 Å². The predicted octanol–water partition coefficient (Wildman–Crippen LogP) is 3.47. The largest absolute Gasteiger partial charge is 0.380 e. The van der Waals surface area contributed by atoms with Crippen LogP contribution in [0.5, 0.6) is 0 Å². The molecule has 1 saturated carbocycles. The number of hydrogen-bond acceptors (Lipinski definition) is 3. The first-order chi connectivity index (χ1) is 9.02. The molecule has 0 spiro atoms. The van der Waals surface area contributed by atoms with Crippen molar-refractivity contribution in [3.05, 3.63) is 21.6 Å². The Kier molecular flexibility index (Phi) is 4.50. The summed E-state index contributed by atoms with van der Waals surface area (Å²) < 4.78 is 1.41. The summed E-state index contributed by atoms with van der Waals surface area (Å²) in [6, 6.07) is 0.397. The van der Waals surface area contributed by atoms with Gasteiger partial charge in [0, 0.05) is 6.04 Å². The summed E-state index contributed by atoms with van der Waals surface area (Å²) in [5, 5.41) is 7.79. The average molecular weight is 284 g/mol. The van der Waals surface area contributed by atoms with E-state index in [1.54, 1.807) is 6.20 Å². The fourth-order valence-electron chi connectivity index (χ4n) is 2.22. The Morgan fingerprint density at radius 1 is 1.53 bits per heavy atom. The number of rotatable bonds is 6. The lowest BCUT2D eigenvalue weighted by Gasteiger charge is -2.19. The molecule has 5 heteroatoms. The van der Waals surface area contributed by atoms with Crippen molar-refractivity contribution in [3.8, 4) is 0 Å². The van der Waals surface area contributed by atoms with Gasteiger partial charge >= 0.3 is 0 Å². The molecule has 0 bridgehead atoms. The molecule has 1 atom stereocenters. The minimum absolute atomic E-state index is 0.0208. The molecule has 0 aromatic carbocycles. The van der Waals surface area contributed by atoms with Gasteiger partial charge in [-0.15, -0.1) is 0 Å². The van der Waals surface area contributed by atoms with Crippen LogP contribution in [0.2, 0.25) is 5.02 Å². The Balaban J connectivity index is 2.15. The maximum absolute atomic E-state index is 12.1. The van der Waals surface area contributed by atoms with Crippen molar-refractivity contribution < 1.29 is 0 Å². The van der Waals surface area contributed by atoms with Gasteiger partial charge in [-0.05, 0) is 32.6 Å². The standard InChI is InChI=1S/C14H22ClN3O/c1-4-11(7-10-5-6-10)17-12-8-16-18(9(2)3)14(19)13(12)15/h8-11,17H,4-7H2,1-3H3. The third-order valence-corrected chi connectivity index (χ3v) is 3.97. The molecule has 4 nitrogen and oxygen atoms in total. The zero-order chi connectivity index (χ0) is 14.0. The number of hydrogen-bond donors (Lipinski definition) is 1. The number of anilines is 1. The van der Waals surface area contributed by atoms with E-state index in [4.69, 9.17) is 11.6 Å². The fraction of sp³-hybridized carbons (Fsp3) is 0.714. The van der Waals surface area contributed by atoms with Gasteiger partial charge in [0.1, 0.15) is 5.02 Å². The van der Waals surface area contributed by atoms with E-state index < -0.39 is 0 Å². The first-order valence-electron chi connectivity index (χ1n) is 7.06. The zero-order valence-corrected chi connectivity index (χ0v) is 12.6. The second kappa shape index (κ2) is 5.95. The molecule has 1 fully saturated rings. The molecule has 0 amide bonds. The van der Waals surface area contributed by atoms with Gasteiger partial charge in [0.25, 0.3) is 5.56 Å². The van der Waals surface area contributed by atoms with Crippen LogP contribution in [0.3, 0.4) is 0 Å². The lowest BCUT2D eigenvalue weighted by atomic mass is 10.1. The van der Waals surface area contributed by atoms with Crippen molar-refractivity contribution in [2.24, 2.45) is 5.92 Å². The third kappa shape index (κ3) is 3.50. The lowest BCUT2D eigenvalue weighted by molar-refractivity contribution is 0.502. The summed E-state index contributed by atoms with van der Waals surface area (Å²) in [5.74, 6) is 0.847. The van der Waals surface area contributed by atoms with Crippen LogP contribution in [0.15, 0.2) is 11.0 Å². The lowest BCUT2D eigenvalue weighted by Crippen LogP contribution is -2.27. The van der Waals surface area contributed by atoms with E-state index in [-0.39, 0.29) is 16.6 Å². The molecule has 0 radical (unpaired) electrons. The maximum atomic E-state index is 12.1. The van der Waals surface area contributed by atoms with E-state index in [1.807, 2.05) is 13.8 Å². The summed E-state index contributed by atoms with van der Waals surface area (Å²) in [4.78, 5) is 12.1. The van der Waals surface area contributed by atoms with Crippen molar-refractivity contribution in [2.45, 2.75) is 58.5 Å². The van der Waals surface area contributed by atoms with Gasteiger partial charge in [0.15, 0.2) is 0 Å². The van der Waals surface area contributed by atoms with Crippen molar-refractivity contribution in [3.63, 3.8) is 0 Å². The smallest absolute Gasteiger partial charge is 0.287 e. The molecule has 2 rings (SSSR count). The molecular weight excluding hydrogens is 262 g/mol. The van der Waals surface area contributed by atoms with Crippen LogP contribution in [0.4, 0.5) is 5.69 Å². The topological polar surface area (TPSA) is 46.9 Å². The monoisotopic (exact) mass is 283 g/mol. The average Bonchev–Trinajstić information content (AvgIpc) is 3.17. The summed E-state index contributed by atoms with van der Waals surface area (Å²) in [6.45, 7) is 5.98. The molecule has 1 unspecified atom stereocenters. The van der Waals surface area contributed by atoms with Crippen molar-refractivity contribution in [1.29, 1.82) is 0 Å². The minimum atomic E-state index is -0.219. The van der Waals surface area contributed by atoms with E-state index in [1.165, 1.54) is 17.5 Å².